The van der Waals surface area contributed by atoms with Crippen molar-refractivity contribution < 1.29 is 18.3 Å². The zero-order chi connectivity index (χ0) is 14.5. The van der Waals surface area contributed by atoms with E-state index >= 15 is 0 Å². The van der Waals surface area contributed by atoms with E-state index in [-0.39, 0.29) is 11.5 Å². The van der Waals surface area contributed by atoms with E-state index in [2.05, 4.69) is 9.72 Å². The number of aromatic nitrogens is 2. The van der Waals surface area contributed by atoms with Gasteiger partial charge in [-0.1, -0.05) is 6.92 Å². The Bertz CT molecular complexity index is 579. The number of imidazole rings is 1. The second-order valence-electron chi connectivity index (χ2n) is 4.18. The Morgan fingerprint density at radius 2 is 2.05 bits per heavy atom. The summed E-state index contributed by atoms with van der Waals surface area (Å²) in [5.41, 5.74) is 0.384. The molecule has 0 aliphatic rings. The first-order valence-corrected chi connectivity index (χ1v) is 6.22. The third kappa shape index (κ3) is 3.20. The summed E-state index contributed by atoms with van der Waals surface area (Å²) in [7, 11) is 0. The Kier molecular flexibility index (Phi) is 4.45. The Balaban J connectivity index is 2.18. The molecule has 0 spiro atoms. The lowest BCUT2D eigenvalue weighted by atomic mass is 10.1. The highest BCUT2D eigenvalue weighted by molar-refractivity contribution is 6.06. The normalized spacial score (nSPS) is 10.8. The average Bonchev–Trinajstić information content (AvgIpc) is 2.87. The first-order chi connectivity index (χ1) is 9.61. The molecule has 0 N–H and O–H groups in total. The zero-order valence-corrected chi connectivity index (χ0v) is 10.9. The van der Waals surface area contributed by atoms with E-state index < -0.39 is 6.61 Å². The molecule has 0 atom stereocenters. The van der Waals surface area contributed by atoms with Gasteiger partial charge in [0.15, 0.2) is 5.82 Å². The van der Waals surface area contributed by atoms with E-state index in [0.29, 0.717) is 17.9 Å². The first-order valence-electron chi connectivity index (χ1n) is 6.22. The third-order valence-electron chi connectivity index (χ3n) is 2.72. The van der Waals surface area contributed by atoms with Gasteiger partial charge in [0.2, 0.25) is 5.78 Å². The van der Waals surface area contributed by atoms with E-state index in [1.165, 1.54) is 24.3 Å². The molecule has 0 aliphatic carbocycles. The molecule has 1 aromatic carbocycles. The largest absolute Gasteiger partial charge is 0.435 e. The maximum Gasteiger partial charge on any atom is 0.387 e. The van der Waals surface area contributed by atoms with E-state index in [1.807, 2.05) is 6.92 Å². The minimum absolute atomic E-state index is 0.0217. The van der Waals surface area contributed by atoms with Crippen LogP contribution in [-0.4, -0.2) is 21.9 Å². The number of halogens is 2. The fourth-order valence-corrected chi connectivity index (χ4v) is 1.86. The molecule has 4 nitrogen and oxygen atoms in total. The lowest BCUT2D eigenvalue weighted by molar-refractivity contribution is -0.0498. The Morgan fingerprint density at radius 1 is 1.35 bits per heavy atom. The minimum atomic E-state index is -2.87. The molecule has 0 aliphatic heterocycles. The standard InChI is InChI=1S/C14H14F2N2O2/c1-2-8-18-9-7-17-13(18)12(19)10-3-5-11(6-4-10)20-14(15)16/h3-7,9,14H,2,8H2,1H3. The first kappa shape index (κ1) is 14.2. The summed E-state index contributed by atoms with van der Waals surface area (Å²) < 4.78 is 30.1. The molecule has 2 rings (SSSR count). The van der Waals surface area contributed by atoms with E-state index in [0.717, 1.165) is 6.42 Å². The van der Waals surface area contributed by atoms with Gasteiger partial charge in [0.1, 0.15) is 5.75 Å². The smallest absolute Gasteiger partial charge is 0.387 e. The van der Waals surface area contributed by atoms with Crippen LogP contribution in [0.4, 0.5) is 8.78 Å². The molecular formula is C14H14F2N2O2. The SMILES string of the molecule is CCCn1ccnc1C(=O)c1ccc(OC(F)F)cc1. The molecule has 0 saturated heterocycles. The highest BCUT2D eigenvalue weighted by Gasteiger charge is 2.15. The number of aryl methyl sites for hydroxylation is 1. The predicted molar refractivity (Wildman–Crippen MR) is 69.0 cm³/mol. The number of benzene rings is 1. The van der Waals surface area contributed by atoms with Crippen molar-refractivity contribution in [3.05, 3.63) is 48.0 Å². The number of alkyl halides is 2. The van der Waals surface area contributed by atoms with Crippen LogP contribution in [0, 0.1) is 0 Å². The van der Waals surface area contributed by atoms with Crippen LogP contribution in [0.15, 0.2) is 36.7 Å². The van der Waals surface area contributed by atoms with Crippen molar-refractivity contribution in [2.24, 2.45) is 0 Å². The van der Waals surface area contributed by atoms with Crippen LogP contribution >= 0.6 is 0 Å². The van der Waals surface area contributed by atoms with Crippen molar-refractivity contribution in [3.8, 4) is 5.75 Å². The monoisotopic (exact) mass is 280 g/mol. The second-order valence-corrected chi connectivity index (χ2v) is 4.18. The molecule has 2 aromatic rings. The highest BCUT2D eigenvalue weighted by atomic mass is 19.3. The van der Waals surface area contributed by atoms with Crippen molar-refractivity contribution >= 4 is 5.78 Å². The van der Waals surface area contributed by atoms with Gasteiger partial charge >= 0.3 is 6.61 Å². The molecule has 1 heterocycles. The molecule has 0 bridgehead atoms. The quantitative estimate of drug-likeness (QED) is 0.764. The number of rotatable bonds is 6. The minimum Gasteiger partial charge on any atom is -0.435 e. The highest BCUT2D eigenvalue weighted by Crippen LogP contribution is 2.17. The number of hydrogen-bond donors (Lipinski definition) is 0. The van der Waals surface area contributed by atoms with Crippen LogP contribution in [0.1, 0.15) is 29.5 Å². The lowest BCUT2D eigenvalue weighted by Gasteiger charge is -2.07. The lowest BCUT2D eigenvalue weighted by Crippen LogP contribution is -2.11. The molecule has 106 valence electrons. The maximum atomic E-state index is 12.3. The number of carbonyl (C=O) groups is 1. The summed E-state index contributed by atoms with van der Waals surface area (Å²) in [6, 6.07) is 5.58. The number of carbonyl (C=O) groups excluding carboxylic acids is 1. The van der Waals surface area contributed by atoms with Gasteiger partial charge in [-0.05, 0) is 30.7 Å². The van der Waals surface area contributed by atoms with E-state index in [9.17, 15) is 13.6 Å². The second kappa shape index (κ2) is 6.27. The van der Waals surface area contributed by atoms with Gasteiger partial charge in [-0.2, -0.15) is 8.78 Å². The molecule has 0 amide bonds. The summed E-state index contributed by atoms with van der Waals surface area (Å²) in [5.74, 6) is 0.120. The van der Waals surface area contributed by atoms with Gasteiger partial charge in [-0.3, -0.25) is 4.79 Å². The molecule has 1 aromatic heterocycles. The van der Waals surface area contributed by atoms with Gasteiger partial charge in [0, 0.05) is 24.5 Å². The summed E-state index contributed by atoms with van der Waals surface area (Å²) in [6.07, 6.45) is 4.19. The Hall–Kier alpha value is -2.24. The summed E-state index contributed by atoms with van der Waals surface area (Å²) >= 11 is 0. The van der Waals surface area contributed by atoms with Gasteiger partial charge in [0.25, 0.3) is 0 Å². The molecule has 20 heavy (non-hydrogen) atoms. The number of ether oxygens (including phenoxy) is 1. The Morgan fingerprint density at radius 3 is 2.65 bits per heavy atom. The van der Waals surface area contributed by atoms with Gasteiger partial charge < -0.3 is 9.30 Å². The Labute approximate surface area is 115 Å². The van der Waals surface area contributed by atoms with Crippen molar-refractivity contribution in [3.63, 3.8) is 0 Å². The molecule has 0 unspecified atom stereocenters. The summed E-state index contributed by atoms with van der Waals surface area (Å²) in [4.78, 5) is 16.3. The topological polar surface area (TPSA) is 44.1 Å². The van der Waals surface area contributed by atoms with Crippen LogP contribution in [0.5, 0.6) is 5.75 Å². The molecule has 6 heteroatoms. The zero-order valence-electron chi connectivity index (χ0n) is 10.9. The average molecular weight is 280 g/mol. The van der Waals surface area contributed by atoms with Crippen LogP contribution in [-0.2, 0) is 6.54 Å². The molecule has 0 radical (unpaired) electrons. The van der Waals surface area contributed by atoms with Crippen LogP contribution < -0.4 is 4.74 Å². The maximum absolute atomic E-state index is 12.3. The van der Waals surface area contributed by atoms with Crippen molar-refractivity contribution in [2.45, 2.75) is 26.5 Å². The van der Waals surface area contributed by atoms with E-state index in [4.69, 9.17) is 0 Å². The van der Waals surface area contributed by atoms with E-state index in [1.54, 1.807) is 17.0 Å². The molecule has 0 fully saturated rings. The fourth-order valence-electron chi connectivity index (χ4n) is 1.86. The van der Waals surface area contributed by atoms with Crippen molar-refractivity contribution in [2.75, 3.05) is 0 Å². The third-order valence-corrected chi connectivity index (χ3v) is 2.72. The van der Waals surface area contributed by atoms with Gasteiger partial charge in [-0.25, -0.2) is 4.98 Å². The number of nitrogens with zero attached hydrogens (tertiary/aromatic N) is 2. The number of hydrogen-bond acceptors (Lipinski definition) is 3. The van der Waals surface area contributed by atoms with Crippen molar-refractivity contribution in [1.82, 2.24) is 9.55 Å². The summed E-state index contributed by atoms with van der Waals surface area (Å²) in [6.45, 7) is -0.168. The van der Waals surface area contributed by atoms with Crippen LogP contribution in [0.25, 0.3) is 0 Å². The predicted octanol–water partition coefficient (Wildman–Crippen LogP) is 3.13. The van der Waals surface area contributed by atoms with Gasteiger partial charge in [0.05, 0.1) is 0 Å². The molecular weight excluding hydrogens is 266 g/mol. The van der Waals surface area contributed by atoms with Crippen molar-refractivity contribution in [1.29, 1.82) is 0 Å². The van der Waals surface area contributed by atoms with Gasteiger partial charge in [-0.15, -0.1) is 0 Å². The van der Waals surface area contributed by atoms with Crippen LogP contribution in [0.2, 0.25) is 0 Å². The fraction of sp³-hybridized carbons (Fsp3) is 0.286. The number of ketones is 1. The van der Waals surface area contributed by atoms with Crippen LogP contribution in [0.3, 0.4) is 0 Å². The summed E-state index contributed by atoms with van der Waals surface area (Å²) in [5, 5.41) is 0. The molecule has 0 saturated carbocycles.